The number of carbonyl (C=O) groups is 1. The Labute approximate surface area is 178 Å². The molecular formula is C20H29Cl2N5O. The summed E-state index contributed by atoms with van der Waals surface area (Å²) in [5, 5.41) is 15.2. The molecule has 8 heteroatoms. The number of amides is 1. The fourth-order valence-corrected chi connectivity index (χ4v) is 3.72. The number of rotatable bonds is 4. The van der Waals surface area contributed by atoms with Crippen LogP contribution in [0.2, 0.25) is 0 Å². The van der Waals surface area contributed by atoms with Crippen molar-refractivity contribution in [2.24, 2.45) is 11.8 Å². The van der Waals surface area contributed by atoms with Gasteiger partial charge in [0.2, 0.25) is 5.91 Å². The second kappa shape index (κ2) is 9.72. The van der Waals surface area contributed by atoms with Crippen molar-refractivity contribution in [2.75, 3.05) is 18.4 Å². The van der Waals surface area contributed by atoms with Crippen molar-refractivity contribution in [3.63, 3.8) is 0 Å². The van der Waals surface area contributed by atoms with Crippen LogP contribution in [0, 0.1) is 18.8 Å². The van der Waals surface area contributed by atoms with E-state index in [0.717, 1.165) is 54.5 Å². The van der Waals surface area contributed by atoms with Gasteiger partial charge < -0.3 is 15.2 Å². The zero-order valence-corrected chi connectivity index (χ0v) is 18.0. The van der Waals surface area contributed by atoms with Crippen LogP contribution in [-0.2, 0) is 17.8 Å². The number of fused-ring (bicyclic) bond motifs is 1. The second-order valence-corrected chi connectivity index (χ2v) is 7.63. The van der Waals surface area contributed by atoms with E-state index in [2.05, 4.69) is 37.5 Å². The maximum atomic E-state index is 12.6. The molecule has 0 aliphatic carbocycles. The third-order valence-corrected chi connectivity index (χ3v) is 5.80. The molecule has 1 unspecified atom stereocenters. The molecule has 28 heavy (non-hydrogen) atoms. The first-order valence-corrected chi connectivity index (χ1v) is 9.68. The molecule has 0 saturated carbocycles. The molecule has 1 saturated heterocycles. The fraction of sp³-hybridized carbons (Fsp3) is 0.550. The van der Waals surface area contributed by atoms with Crippen molar-refractivity contribution in [1.29, 1.82) is 0 Å². The van der Waals surface area contributed by atoms with Crippen LogP contribution in [0.1, 0.15) is 37.6 Å². The van der Waals surface area contributed by atoms with Crippen molar-refractivity contribution in [3.8, 4) is 11.4 Å². The highest BCUT2D eigenvalue weighted by molar-refractivity contribution is 5.94. The number of hydrogen-bond acceptors (Lipinski definition) is 4. The van der Waals surface area contributed by atoms with Gasteiger partial charge >= 0.3 is 0 Å². The normalized spacial score (nSPS) is 17.2. The Morgan fingerprint density at radius 1 is 1.21 bits per heavy atom. The van der Waals surface area contributed by atoms with Gasteiger partial charge in [-0.25, -0.2) is 0 Å². The van der Waals surface area contributed by atoms with Gasteiger partial charge in [0, 0.05) is 30.1 Å². The van der Waals surface area contributed by atoms with E-state index in [1.54, 1.807) is 0 Å². The van der Waals surface area contributed by atoms with Crippen molar-refractivity contribution in [3.05, 3.63) is 29.6 Å². The molecule has 1 fully saturated rings. The van der Waals surface area contributed by atoms with Gasteiger partial charge in [-0.1, -0.05) is 25.5 Å². The van der Waals surface area contributed by atoms with E-state index < -0.39 is 0 Å². The largest absolute Gasteiger partial charge is 0.326 e. The van der Waals surface area contributed by atoms with E-state index in [0.29, 0.717) is 5.92 Å². The van der Waals surface area contributed by atoms with Crippen LogP contribution in [0.15, 0.2) is 18.2 Å². The quantitative estimate of drug-likeness (QED) is 0.784. The summed E-state index contributed by atoms with van der Waals surface area (Å²) in [5.74, 6) is 2.54. The first kappa shape index (κ1) is 22.7. The lowest BCUT2D eigenvalue weighted by atomic mass is 9.88. The van der Waals surface area contributed by atoms with Gasteiger partial charge in [-0.3, -0.25) is 4.79 Å². The smallest absolute Gasteiger partial charge is 0.227 e. The molecule has 0 spiro atoms. The molecular weight excluding hydrogens is 397 g/mol. The summed E-state index contributed by atoms with van der Waals surface area (Å²) in [5.41, 5.74) is 2.96. The third kappa shape index (κ3) is 4.50. The number of nitrogens with one attached hydrogen (secondary N) is 2. The molecule has 1 aromatic carbocycles. The molecule has 0 radical (unpaired) electrons. The van der Waals surface area contributed by atoms with Gasteiger partial charge in [0.05, 0.1) is 0 Å². The van der Waals surface area contributed by atoms with Crippen LogP contribution in [0.25, 0.3) is 11.4 Å². The Bertz CT molecular complexity index is 819. The van der Waals surface area contributed by atoms with Crippen molar-refractivity contribution in [2.45, 2.75) is 46.1 Å². The standard InChI is InChI=1S/C20H27N5O.2ClH/c1-13-7-8-15(19-24-23-18-6-4-3-5-9-25(18)19)10-17(13)22-20(26)14(2)16-11-21-12-16;;/h7-8,10,14,16,21H,3-6,9,11-12H2,1-2H3,(H,22,26);2*1H. The maximum Gasteiger partial charge on any atom is 0.227 e. The molecule has 1 atom stereocenters. The number of nitrogens with zero attached hydrogens (tertiary/aromatic N) is 3. The van der Waals surface area contributed by atoms with Gasteiger partial charge in [0.1, 0.15) is 5.82 Å². The number of carbonyl (C=O) groups excluding carboxylic acids is 1. The lowest BCUT2D eigenvalue weighted by molar-refractivity contribution is -0.121. The molecule has 4 rings (SSSR count). The number of aromatic nitrogens is 3. The molecule has 1 aromatic heterocycles. The van der Waals surface area contributed by atoms with Crippen molar-refractivity contribution >= 4 is 36.4 Å². The molecule has 2 aliphatic rings. The lowest BCUT2D eigenvalue weighted by Crippen LogP contribution is -2.48. The number of benzene rings is 1. The monoisotopic (exact) mass is 425 g/mol. The maximum absolute atomic E-state index is 12.6. The third-order valence-electron chi connectivity index (χ3n) is 5.80. The number of hydrogen-bond donors (Lipinski definition) is 2. The van der Waals surface area contributed by atoms with Crippen molar-refractivity contribution < 1.29 is 4.79 Å². The number of halogens is 2. The summed E-state index contributed by atoms with van der Waals surface area (Å²) < 4.78 is 2.24. The lowest BCUT2D eigenvalue weighted by Gasteiger charge is -2.31. The van der Waals surface area contributed by atoms with E-state index >= 15 is 0 Å². The number of anilines is 1. The Kier molecular flexibility index (Phi) is 7.87. The van der Waals surface area contributed by atoms with Gasteiger partial charge in [0.25, 0.3) is 0 Å². The Balaban J connectivity index is 0.00000140. The van der Waals surface area contributed by atoms with Crippen LogP contribution in [-0.4, -0.2) is 33.8 Å². The van der Waals surface area contributed by atoms with E-state index in [-0.39, 0.29) is 36.6 Å². The van der Waals surface area contributed by atoms with E-state index in [1.165, 1.54) is 19.3 Å². The van der Waals surface area contributed by atoms with Crippen LogP contribution < -0.4 is 10.6 Å². The minimum absolute atomic E-state index is 0. The highest BCUT2D eigenvalue weighted by atomic mass is 35.5. The zero-order valence-electron chi connectivity index (χ0n) is 16.4. The Morgan fingerprint density at radius 2 is 2.00 bits per heavy atom. The summed E-state index contributed by atoms with van der Waals surface area (Å²) in [7, 11) is 0. The zero-order chi connectivity index (χ0) is 18.1. The first-order chi connectivity index (χ1) is 12.6. The van der Waals surface area contributed by atoms with Crippen molar-refractivity contribution in [1.82, 2.24) is 20.1 Å². The van der Waals surface area contributed by atoms with Gasteiger partial charge in [-0.05, 0) is 50.4 Å². The van der Waals surface area contributed by atoms with Gasteiger partial charge in [-0.15, -0.1) is 35.0 Å². The summed E-state index contributed by atoms with van der Waals surface area (Å²) in [6.07, 6.45) is 4.59. The molecule has 1 amide bonds. The van der Waals surface area contributed by atoms with Crippen LogP contribution >= 0.6 is 24.8 Å². The summed E-state index contributed by atoms with van der Waals surface area (Å²) in [6.45, 7) is 6.87. The fourth-order valence-electron chi connectivity index (χ4n) is 3.72. The predicted octanol–water partition coefficient (Wildman–Crippen LogP) is 3.62. The molecule has 6 nitrogen and oxygen atoms in total. The summed E-state index contributed by atoms with van der Waals surface area (Å²) in [6, 6.07) is 6.17. The highest BCUT2D eigenvalue weighted by Crippen LogP contribution is 2.28. The van der Waals surface area contributed by atoms with Crippen LogP contribution in [0.4, 0.5) is 5.69 Å². The van der Waals surface area contributed by atoms with Gasteiger partial charge in [-0.2, -0.15) is 0 Å². The summed E-state index contributed by atoms with van der Waals surface area (Å²) >= 11 is 0. The minimum Gasteiger partial charge on any atom is -0.326 e. The average molecular weight is 426 g/mol. The van der Waals surface area contributed by atoms with E-state index in [1.807, 2.05) is 19.9 Å². The van der Waals surface area contributed by atoms with E-state index in [4.69, 9.17) is 0 Å². The second-order valence-electron chi connectivity index (χ2n) is 7.63. The Morgan fingerprint density at radius 3 is 2.71 bits per heavy atom. The topological polar surface area (TPSA) is 71.8 Å². The SMILES string of the molecule is Cc1ccc(-c2nnc3n2CCCCC3)cc1NC(=O)C(C)C1CNC1.Cl.Cl. The minimum atomic E-state index is 0. The first-order valence-electron chi connectivity index (χ1n) is 9.68. The molecule has 3 heterocycles. The average Bonchev–Trinajstić information content (AvgIpc) is 2.83. The Hall–Kier alpha value is -1.63. The molecule has 154 valence electrons. The number of aryl methyl sites for hydroxylation is 2. The van der Waals surface area contributed by atoms with Crippen LogP contribution in [0.5, 0.6) is 0 Å². The van der Waals surface area contributed by atoms with E-state index in [9.17, 15) is 4.79 Å². The molecule has 2 aliphatic heterocycles. The highest BCUT2D eigenvalue weighted by Gasteiger charge is 2.29. The molecule has 2 aromatic rings. The van der Waals surface area contributed by atoms with Gasteiger partial charge in [0.15, 0.2) is 5.82 Å². The predicted molar refractivity (Wildman–Crippen MR) is 116 cm³/mol. The van der Waals surface area contributed by atoms with Crippen LogP contribution in [0.3, 0.4) is 0 Å². The summed E-state index contributed by atoms with van der Waals surface area (Å²) in [4.78, 5) is 12.6. The molecule has 0 bridgehead atoms. The molecule has 2 N–H and O–H groups in total.